The summed E-state index contributed by atoms with van der Waals surface area (Å²) in [7, 11) is 0. The summed E-state index contributed by atoms with van der Waals surface area (Å²) in [4.78, 5) is 16.5. The van der Waals surface area contributed by atoms with Crippen LogP contribution in [0.4, 0.5) is 8.78 Å². The second-order valence-corrected chi connectivity index (χ2v) is 6.60. The average molecular weight is 374 g/mol. The maximum atomic E-state index is 12.3. The van der Waals surface area contributed by atoms with Gasteiger partial charge in [0.2, 0.25) is 5.91 Å². The first-order valence-electron chi connectivity index (χ1n) is 7.90. The molecule has 0 aliphatic carbocycles. The van der Waals surface area contributed by atoms with E-state index in [0.29, 0.717) is 5.56 Å². The van der Waals surface area contributed by atoms with Crippen LogP contribution in [0.3, 0.4) is 0 Å². The molecule has 26 heavy (non-hydrogen) atoms. The van der Waals surface area contributed by atoms with Crippen molar-refractivity contribution in [3.8, 4) is 5.75 Å². The van der Waals surface area contributed by atoms with Crippen LogP contribution in [0.15, 0.2) is 54.6 Å². The van der Waals surface area contributed by atoms with E-state index in [1.54, 1.807) is 25.1 Å². The summed E-state index contributed by atoms with van der Waals surface area (Å²) in [5.74, 6) is -0.236. The lowest BCUT2D eigenvalue weighted by Crippen LogP contribution is -2.24. The lowest BCUT2D eigenvalue weighted by atomic mass is 10.1. The number of fused-ring (bicyclic) bond motifs is 1. The molecule has 3 rings (SSSR count). The van der Waals surface area contributed by atoms with E-state index in [1.807, 2.05) is 24.3 Å². The van der Waals surface area contributed by atoms with Crippen molar-refractivity contribution in [3.63, 3.8) is 0 Å². The molecular formula is C19H16F2N2O2S. The SMILES string of the molecule is CC(NC(=O)/C=C/c1nc2ccccc2s1)c1cccc(OC(F)F)c1. The van der Waals surface area contributed by atoms with Gasteiger partial charge in [-0.3, -0.25) is 4.79 Å². The first-order valence-corrected chi connectivity index (χ1v) is 8.72. The number of carbonyl (C=O) groups excluding carboxylic acids is 1. The Morgan fingerprint density at radius 2 is 2.04 bits per heavy atom. The van der Waals surface area contributed by atoms with Crippen LogP contribution in [0.2, 0.25) is 0 Å². The zero-order valence-electron chi connectivity index (χ0n) is 13.9. The molecule has 0 fully saturated rings. The fourth-order valence-electron chi connectivity index (χ4n) is 2.41. The number of hydrogen-bond acceptors (Lipinski definition) is 4. The molecule has 0 saturated carbocycles. The number of halogens is 2. The molecule has 2 aromatic carbocycles. The fraction of sp³-hybridized carbons (Fsp3) is 0.158. The monoisotopic (exact) mass is 374 g/mol. The summed E-state index contributed by atoms with van der Waals surface area (Å²) in [6.07, 6.45) is 3.07. The van der Waals surface area contributed by atoms with Crippen LogP contribution >= 0.6 is 11.3 Å². The molecule has 1 N–H and O–H groups in total. The number of thiazole rings is 1. The number of aromatic nitrogens is 1. The number of alkyl halides is 2. The number of benzene rings is 2. The number of amides is 1. The fourth-order valence-corrected chi connectivity index (χ4v) is 3.28. The van der Waals surface area contributed by atoms with Gasteiger partial charge in [-0.05, 0) is 42.8 Å². The van der Waals surface area contributed by atoms with Crippen molar-refractivity contribution >= 4 is 33.5 Å². The molecule has 3 aromatic rings. The third-order valence-corrected chi connectivity index (χ3v) is 4.63. The Morgan fingerprint density at radius 1 is 1.23 bits per heavy atom. The Balaban J connectivity index is 1.63. The minimum Gasteiger partial charge on any atom is -0.435 e. The number of ether oxygens (including phenoxy) is 1. The van der Waals surface area contributed by atoms with Gasteiger partial charge < -0.3 is 10.1 Å². The third-order valence-electron chi connectivity index (χ3n) is 3.63. The van der Waals surface area contributed by atoms with Crippen LogP contribution in [0, 0.1) is 0 Å². The van der Waals surface area contributed by atoms with Gasteiger partial charge in [-0.15, -0.1) is 11.3 Å². The number of hydrogen-bond donors (Lipinski definition) is 1. The topological polar surface area (TPSA) is 51.2 Å². The number of nitrogens with one attached hydrogen (secondary N) is 1. The molecule has 1 unspecified atom stereocenters. The zero-order valence-corrected chi connectivity index (χ0v) is 14.7. The molecular weight excluding hydrogens is 358 g/mol. The number of rotatable bonds is 6. The van der Waals surface area contributed by atoms with E-state index in [4.69, 9.17) is 0 Å². The van der Waals surface area contributed by atoms with Gasteiger partial charge in [-0.25, -0.2) is 4.98 Å². The summed E-state index contributed by atoms with van der Waals surface area (Å²) >= 11 is 1.50. The molecule has 0 saturated heterocycles. The van der Waals surface area contributed by atoms with Crippen LogP contribution in [0.25, 0.3) is 16.3 Å². The van der Waals surface area contributed by atoms with E-state index in [-0.39, 0.29) is 17.7 Å². The van der Waals surface area contributed by atoms with Crippen LogP contribution < -0.4 is 10.1 Å². The van der Waals surface area contributed by atoms with Gasteiger partial charge in [0, 0.05) is 6.08 Å². The Hall–Kier alpha value is -2.80. The van der Waals surface area contributed by atoms with Crippen LogP contribution in [-0.4, -0.2) is 17.5 Å². The lowest BCUT2D eigenvalue weighted by molar-refractivity contribution is -0.117. The quantitative estimate of drug-likeness (QED) is 0.631. The Bertz CT molecular complexity index is 907. The molecule has 0 aliphatic heterocycles. The highest BCUT2D eigenvalue weighted by Gasteiger charge is 2.11. The van der Waals surface area contributed by atoms with Crippen molar-refractivity contribution in [2.24, 2.45) is 0 Å². The Morgan fingerprint density at radius 3 is 2.81 bits per heavy atom. The van der Waals surface area contributed by atoms with Gasteiger partial charge in [0.25, 0.3) is 0 Å². The van der Waals surface area contributed by atoms with Crippen molar-refractivity contribution in [2.75, 3.05) is 0 Å². The largest absolute Gasteiger partial charge is 0.435 e. The molecule has 1 heterocycles. The highest BCUT2D eigenvalue weighted by molar-refractivity contribution is 7.19. The normalized spacial score (nSPS) is 12.6. The Labute approximate surface area is 153 Å². The maximum absolute atomic E-state index is 12.3. The van der Waals surface area contributed by atoms with Crippen LogP contribution in [0.1, 0.15) is 23.5 Å². The molecule has 0 spiro atoms. The molecule has 1 atom stereocenters. The molecule has 1 amide bonds. The van der Waals surface area contributed by atoms with E-state index < -0.39 is 6.61 Å². The summed E-state index contributed by atoms with van der Waals surface area (Å²) in [5.41, 5.74) is 1.56. The van der Waals surface area contributed by atoms with Gasteiger partial charge in [0.05, 0.1) is 16.3 Å². The van der Waals surface area contributed by atoms with Gasteiger partial charge in [-0.1, -0.05) is 24.3 Å². The summed E-state index contributed by atoms with van der Waals surface area (Å²) in [6.45, 7) is -1.11. The number of nitrogens with zero attached hydrogens (tertiary/aromatic N) is 1. The number of carbonyl (C=O) groups is 1. The van der Waals surface area contributed by atoms with E-state index in [9.17, 15) is 13.6 Å². The van der Waals surface area contributed by atoms with E-state index in [2.05, 4.69) is 15.0 Å². The number of para-hydroxylation sites is 1. The molecule has 1 aromatic heterocycles. The van der Waals surface area contributed by atoms with E-state index in [0.717, 1.165) is 15.2 Å². The predicted octanol–water partition coefficient (Wildman–Crippen LogP) is 4.79. The first-order chi connectivity index (χ1) is 12.5. The highest BCUT2D eigenvalue weighted by Crippen LogP contribution is 2.23. The summed E-state index contributed by atoms with van der Waals surface area (Å²) in [5, 5.41) is 3.53. The highest BCUT2D eigenvalue weighted by atomic mass is 32.1. The molecule has 7 heteroatoms. The van der Waals surface area contributed by atoms with Crippen molar-refractivity contribution < 1.29 is 18.3 Å². The van der Waals surface area contributed by atoms with Gasteiger partial charge in [0.15, 0.2) is 0 Å². The maximum Gasteiger partial charge on any atom is 0.387 e. The Kier molecular flexibility index (Phi) is 5.58. The molecule has 0 aliphatic rings. The van der Waals surface area contributed by atoms with Gasteiger partial charge >= 0.3 is 6.61 Å². The first kappa shape index (κ1) is 18.0. The second kappa shape index (κ2) is 8.05. The zero-order chi connectivity index (χ0) is 18.5. The third kappa shape index (κ3) is 4.64. The van der Waals surface area contributed by atoms with Gasteiger partial charge in [0.1, 0.15) is 10.8 Å². The smallest absolute Gasteiger partial charge is 0.387 e. The van der Waals surface area contributed by atoms with E-state index in [1.165, 1.54) is 29.5 Å². The molecule has 0 bridgehead atoms. The minimum absolute atomic E-state index is 0.0589. The van der Waals surface area contributed by atoms with Crippen molar-refractivity contribution in [1.29, 1.82) is 0 Å². The molecule has 0 radical (unpaired) electrons. The second-order valence-electron chi connectivity index (χ2n) is 5.53. The van der Waals surface area contributed by atoms with Crippen molar-refractivity contribution in [2.45, 2.75) is 19.6 Å². The summed E-state index contributed by atoms with van der Waals surface area (Å²) in [6, 6.07) is 13.6. The summed E-state index contributed by atoms with van der Waals surface area (Å²) < 4.78 is 30.0. The molecule has 4 nitrogen and oxygen atoms in total. The van der Waals surface area contributed by atoms with E-state index >= 15 is 0 Å². The average Bonchev–Trinajstić information content (AvgIpc) is 3.02. The van der Waals surface area contributed by atoms with Crippen LogP contribution in [-0.2, 0) is 4.79 Å². The van der Waals surface area contributed by atoms with Gasteiger partial charge in [-0.2, -0.15) is 8.78 Å². The predicted molar refractivity (Wildman–Crippen MR) is 98.3 cm³/mol. The lowest BCUT2D eigenvalue weighted by Gasteiger charge is -2.14. The van der Waals surface area contributed by atoms with Crippen LogP contribution in [0.5, 0.6) is 5.75 Å². The van der Waals surface area contributed by atoms with Crippen molar-refractivity contribution in [3.05, 3.63) is 65.2 Å². The van der Waals surface area contributed by atoms with Crippen molar-refractivity contribution in [1.82, 2.24) is 10.3 Å². The standard InChI is InChI=1S/C19H16F2N2O2S/c1-12(13-5-4-6-14(11-13)25-19(20)21)22-17(24)9-10-18-23-15-7-2-3-8-16(15)26-18/h2-12,19H,1H3,(H,22,24)/b10-9+. The minimum atomic E-state index is -2.88. The molecule has 134 valence electrons.